The van der Waals surface area contributed by atoms with Crippen molar-refractivity contribution in [1.82, 2.24) is 5.32 Å². The molecule has 0 saturated heterocycles. The van der Waals surface area contributed by atoms with Crippen molar-refractivity contribution in [3.63, 3.8) is 0 Å². The van der Waals surface area contributed by atoms with Gasteiger partial charge in [0.05, 0.1) is 0 Å². The molecule has 17 heavy (non-hydrogen) atoms. The standard InChI is InChI=1S/C12H17F2NOS/c1-9(17(2)16)5-6-15-8-10-3-4-11(13)12(14)7-10/h3-4,7,9,15H,5-6,8H2,1-2H3. The third-order valence-electron chi connectivity index (χ3n) is 2.61. The summed E-state index contributed by atoms with van der Waals surface area (Å²) >= 11 is 0. The van der Waals surface area contributed by atoms with Crippen LogP contribution in [0.25, 0.3) is 0 Å². The van der Waals surface area contributed by atoms with Crippen molar-refractivity contribution in [2.45, 2.75) is 25.1 Å². The molecule has 1 N–H and O–H groups in total. The first kappa shape index (κ1) is 14.3. The minimum Gasteiger partial charge on any atom is -0.313 e. The minimum atomic E-state index is -0.830. The van der Waals surface area contributed by atoms with Gasteiger partial charge in [-0.1, -0.05) is 13.0 Å². The highest BCUT2D eigenvalue weighted by Gasteiger charge is 2.05. The average molecular weight is 261 g/mol. The molecule has 1 aromatic rings. The summed E-state index contributed by atoms with van der Waals surface area (Å²) in [6.07, 6.45) is 2.48. The van der Waals surface area contributed by atoms with E-state index in [0.717, 1.165) is 12.5 Å². The van der Waals surface area contributed by atoms with Crippen molar-refractivity contribution in [2.24, 2.45) is 0 Å². The molecule has 1 rings (SSSR count). The number of halogens is 2. The van der Waals surface area contributed by atoms with E-state index in [4.69, 9.17) is 0 Å². The Morgan fingerprint density at radius 2 is 2.06 bits per heavy atom. The number of hydrogen-bond donors (Lipinski definition) is 1. The van der Waals surface area contributed by atoms with Crippen LogP contribution in [0.2, 0.25) is 0 Å². The molecule has 2 unspecified atom stereocenters. The Bertz CT molecular complexity index is 398. The van der Waals surface area contributed by atoms with E-state index in [1.807, 2.05) is 6.92 Å². The Balaban J connectivity index is 2.31. The van der Waals surface area contributed by atoms with Crippen molar-refractivity contribution >= 4 is 10.8 Å². The number of rotatable bonds is 6. The van der Waals surface area contributed by atoms with Crippen LogP contribution in [-0.4, -0.2) is 22.3 Å². The summed E-state index contributed by atoms with van der Waals surface area (Å²) in [5.41, 5.74) is 0.703. The molecule has 0 fully saturated rings. The fraction of sp³-hybridized carbons (Fsp3) is 0.500. The molecule has 0 aliphatic carbocycles. The normalized spacial score (nSPS) is 14.6. The smallest absolute Gasteiger partial charge is 0.159 e. The van der Waals surface area contributed by atoms with Crippen LogP contribution >= 0.6 is 0 Å². The summed E-state index contributed by atoms with van der Waals surface area (Å²) in [7, 11) is -0.815. The number of hydrogen-bond acceptors (Lipinski definition) is 2. The van der Waals surface area contributed by atoms with Crippen LogP contribution in [0.4, 0.5) is 8.78 Å². The zero-order valence-electron chi connectivity index (χ0n) is 10.0. The molecule has 0 amide bonds. The lowest BCUT2D eigenvalue weighted by atomic mass is 10.2. The third-order valence-corrected chi connectivity index (χ3v) is 3.98. The molecule has 0 aromatic heterocycles. The van der Waals surface area contributed by atoms with Gasteiger partial charge in [-0.3, -0.25) is 4.21 Å². The molecule has 0 aliphatic heterocycles. The van der Waals surface area contributed by atoms with E-state index in [2.05, 4.69) is 5.32 Å². The Morgan fingerprint density at radius 3 is 2.65 bits per heavy atom. The van der Waals surface area contributed by atoms with E-state index < -0.39 is 22.4 Å². The highest BCUT2D eigenvalue weighted by atomic mass is 32.2. The molecule has 0 radical (unpaired) electrons. The van der Waals surface area contributed by atoms with E-state index in [0.29, 0.717) is 18.7 Å². The Kier molecular flexibility index (Phi) is 5.71. The molecule has 2 nitrogen and oxygen atoms in total. The monoisotopic (exact) mass is 261 g/mol. The molecule has 1 aromatic carbocycles. The van der Waals surface area contributed by atoms with Gasteiger partial charge in [-0.15, -0.1) is 0 Å². The largest absolute Gasteiger partial charge is 0.313 e. The van der Waals surface area contributed by atoms with Gasteiger partial charge in [0.1, 0.15) is 0 Å². The molecule has 96 valence electrons. The van der Waals surface area contributed by atoms with Gasteiger partial charge in [-0.25, -0.2) is 8.78 Å². The molecule has 5 heteroatoms. The summed E-state index contributed by atoms with van der Waals surface area (Å²) in [5.74, 6) is -1.66. The first-order valence-electron chi connectivity index (χ1n) is 5.47. The van der Waals surface area contributed by atoms with Gasteiger partial charge >= 0.3 is 0 Å². The predicted octanol–water partition coefficient (Wildman–Crippen LogP) is 2.21. The Morgan fingerprint density at radius 1 is 1.35 bits per heavy atom. The van der Waals surface area contributed by atoms with Crippen LogP contribution in [0.15, 0.2) is 18.2 Å². The predicted molar refractivity (Wildman–Crippen MR) is 66.2 cm³/mol. The van der Waals surface area contributed by atoms with Crippen LogP contribution in [-0.2, 0) is 17.3 Å². The van der Waals surface area contributed by atoms with Gasteiger partial charge in [-0.05, 0) is 30.7 Å². The highest BCUT2D eigenvalue weighted by Crippen LogP contribution is 2.08. The Hall–Kier alpha value is -0.810. The van der Waals surface area contributed by atoms with Gasteiger partial charge < -0.3 is 5.32 Å². The van der Waals surface area contributed by atoms with Crippen LogP contribution in [0, 0.1) is 11.6 Å². The van der Waals surface area contributed by atoms with Crippen LogP contribution < -0.4 is 5.32 Å². The second-order valence-electron chi connectivity index (χ2n) is 4.02. The number of nitrogens with one attached hydrogen (secondary N) is 1. The lowest BCUT2D eigenvalue weighted by Crippen LogP contribution is -2.21. The van der Waals surface area contributed by atoms with Gasteiger partial charge in [-0.2, -0.15) is 0 Å². The second-order valence-corrected chi connectivity index (χ2v) is 5.83. The van der Waals surface area contributed by atoms with E-state index in [-0.39, 0.29) is 5.25 Å². The molecule has 0 aliphatic rings. The van der Waals surface area contributed by atoms with Crippen LogP contribution in [0.3, 0.4) is 0 Å². The van der Waals surface area contributed by atoms with Crippen molar-refractivity contribution in [1.29, 1.82) is 0 Å². The first-order chi connectivity index (χ1) is 8.00. The van der Waals surface area contributed by atoms with Gasteiger partial charge in [0.2, 0.25) is 0 Å². The van der Waals surface area contributed by atoms with Gasteiger partial charge in [0.15, 0.2) is 11.6 Å². The zero-order valence-corrected chi connectivity index (χ0v) is 10.8. The maximum Gasteiger partial charge on any atom is 0.159 e. The lowest BCUT2D eigenvalue weighted by Gasteiger charge is -2.09. The van der Waals surface area contributed by atoms with Crippen molar-refractivity contribution in [3.05, 3.63) is 35.4 Å². The molecule has 0 heterocycles. The maximum absolute atomic E-state index is 12.9. The summed E-state index contributed by atoms with van der Waals surface area (Å²) in [4.78, 5) is 0. The average Bonchev–Trinajstić information content (AvgIpc) is 2.28. The fourth-order valence-electron chi connectivity index (χ4n) is 1.35. The van der Waals surface area contributed by atoms with E-state index in [1.54, 1.807) is 12.3 Å². The van der Waals surface area contributed by atoms with Gasteiger partial charge in [0.25, 0.3) is 0 Å². The Labute approximate surface area is 103 Å². The van der Waals surface area contributed by atoms with Crippen LogP contribution in [0.5, 0.6) is 0 Å². The van der Waals surface area contributed by atoms with E-state index >= 15 is 0 Å². The fourth-order valence-corrected chi connectivity index (χ4v) is 1.80. The molecular formula is C12H17F2NOS. The van der Waals surface area contributed by atoms with Crippen LogP contribution in [0.1, 0.15) is 18.9 Å². The highest BCUT2D eigenvalue weighted by molar-refractivity contribution is 7.84. The number of benzene rings is 1. The summed E-state index contributed by atoms with van der Waals surface area (Å²) < 4.78 is 36.6. The third kappa shape index (κ3) is 4.91. The van der Waals surface area contributed by atoms with Crippen molar-refractivity contribution < 1.29 is 13.0 Å². The quantitative estimate of drug-likeness (QED) is 0.796. The molecular weight excluding hydrogens is 244 g/mol. The maximum atomic E-state index is 12.9. The lowest BCUT2D eigenvalue weighted by molar-refractivity contribution is 0.506. The first-order valence-corrected chi connectivity index (χ1v) is 7.09. The molecule has 0 bridgehead atoms. The van der Waals surface area contributed by atoms with Gasteiger partial charge in [0, 0.05) is 28.9 Å². The van der Waals surface area contributed by atoms with Crippen molar-refractivity contribution in [3.8, 4) is 0 Å². The van der Waals surface area contributed by atoms with E-state index in [1.165, 1.54) is 6.07 Å². The zero-order chi connectivity index (χ0) is 12.8. The summed E-state index contributed by atoms with van der Waals surface area (Å²) in [6, 6.07) is 3.85. The minimum absolute atomic E-state index is 0.146. The summed E-state index contributed by atoms with van der Waals surface area (Å²) in [6.45, 7) is 3.12. The second kappa shape index (κ2) is 6.81. The summed E-state index contributed by atoms with van der Waals surface area (Å²) in [5, 5.41) is 3.26. The molecule has 0 saturated carbocycles. The molecule has 0 spiro atoms. The van der Waals surface area contributed by atoms with E-state index in [9.17, 15) is 13.0 Å². The topological polar surface area (TPSA) is 29.1 Å². The SMILES string of the molecule is CC(CCNCc1ccc(F)c(F)c1)S(C)=O. The van der Waals surface area contributed by atoms with Crippen molar-refractivity contribution in [2.75, 3.05) is 12.8 Å². The molecule has 2 atom stereocenters.